The van der Waals surface area contributed by atoms with Gasteiger partial charge in [0.1, 0.15) is 5.76 Å². The number of hydrogen-bond donors (Lipinski definition) is 1. The third-order valence-corrected chi connectivity index (χ3v) is 4.57. The van der Waals surface area contributed by atoms with Crippen LogP contribution >= 0.6 is 11.6 Å². The molecule has 5 heteroatoms. The van der Waals surface area contributed by atoms with Crippen LogP contribution in [0.5, 0.6) is 0 Å². The van der Waals surface area contributed by atoms with Crippen LogP contribution < -0.4 is 5.73 Å². The van der Waals surface area contributed by atoms with Crippen LogP contribution in [-0.4, -0.2) is 25.4 Å². The summed E-state index contributed by atoms with van der Waals surface area (Å²) in [5.41, 5.74) is 6.30. The van der Waals surface area contributed by atoms with Crippen LogP contribution in [0.25, 0.3) is 0 Å². The molecule has 0 amide bonds. The third-order valence-electron chi connectivity index (χ3n) is 4.37. The number of furan rings is 1. The van der Waals surface area contributed by atoms with Crippen molar-refractivity contribution in [2.75, 3.05) is 19.8 Å². The Morgan fingerprint density at radius 2 is 2.05 bits per heavy atom. The average molecular weight is 286 g/mol. The SMILES string of the molecule is NC(c1ccc(Cl)o1)C1CCOC2(CCOCC2)C1. The first kappa shape index (κ1) is 13.4. The highest BCUT2D eigenvalue weighted by Crippen LogP contribution is 2.41. The molecule has 0 aliphatic carbocycles. The lowest BCUT2D eigenvalue weighted by Crippen LogP contribution is -2.46. The standard InChI is InChI=1S/C14H20ClNO3/c15-12-2-1-11(19-12)13(16)10-3-6-18-14(9-10)4-7-17-8-5-14/h1-2,10,13H,3-9,16H2. The molecule has 2 atom stereocenters. The van der Waals surface area contributed by atoms with E-state index < -0.39 is 0 Å². The van der Waals surface area contributed by atoms with Crippen molar-refractivity contribution in [2.24, 2.45) is 11.7 Å². The molecule has 106 valence electrons. The van der Waals surface area contributed by atoms with Crippen molar-refractivity contribution in [3.63, 3.8) is 0 Å². The monoisotopic (exact) mass is 285 g/mol. The van der Waals surface area contributed by atoms with Gasteiger partial charge in [0.25, 0.3) is 0 Å². The van der Waals surface area contributed by atoms with Crippen molar-refractivity contribution in [1.29, 1.82) is 0 Å². The minimum atomic E-state index is -0.101. The summed E-state index contributed by atoms with van der Waals surface area (Å²) < 4.78 is 16.9. The van der Waals surface area contributed by atoms with Crippen LogP contribution in [-0.2, 0) is 9.47 Å². The molecule has 0 saturated carbocycles. The molecule has 2 saturated heterocycles. The molecule has 2 aliphatic rings. The van der Waals surface area contributed by atoms with Crippen LogP contribution in [0, 0.1) is 5.92 Å². The van der Waals surface area contributed by atoms with E-state index in [4.69, 9.17) is 31.2 Å². The molecule has 1 spiro atoms. The summed E-state index contributed by atoms with van der Waals surface area (Å²) in [4.78, 5) is 0. The minimum Gasteiger partial charge on any atom is -0.448 e. The van der Waals surface area contributed by atoms with Gasteiger partial charge in [0, 0.05) is 19.8 Å². The van der Waals surface area contributed by atoms with Crippen molar-refractivity contribution < 1.29 is 13.9 Å². The van der Waals surface area contributed by atoms with E-state index in [0.29, 0.717) is 11.1 Å². The number of hydrogen-bond acceptors (Lipinski definition) is 4. The summed E-state index contributed by atoms with van der Waals surface area (Å²) in [6, 6.07) is 3.52. The predicted octanol–water partition coefficient (Wildman–Crippen LogP) is 2.91. The van der Waals surface area contributed by atoms with Gasteiger partial charge in [-0.3, -0.25) is 0 Å². The second kappa shape index (κ2) is 5.44. The summed E-state index contributed by atoms with van der Waals surface area (Å²) in [6.07, 6.45) is 3.89. The second-order valence-corrected chi connectivity index (χ2v) is 5.94. The van der Waals surface area contributed by atoms with Crippen LogP contribution in [0.2, 0.25) is 5.22 Å². The van der Waals surface area contributed by atoms with Crippen LogP contribution in [0.4, 0.5) is 0 Å². The molecule has 2 unspecified atom stereocenters. The van der Waals surface area contributed by atoms with E-state index in [2.05, 4.69) is 0 Å². The molecule has 4 nitrogen and oxygen atoms in total. The van der Waals surface area contributed by atoms with E-state index in [-0.39, 0.29) is 11.6 Å². The summed E-state index contributed by atoms with van der Waals surface area (Å²) in [5, 5.41) is 0.401. The molecule has 3 heterocycles. The Morgan fingerprint density at radius 3 is 2.74 bits per heavy atom. The number of halogens is 1. The maximum Gasteiger partial charge on any atom is 0.193 e. The fraction of sp³-hybridized carbons (Fsp3) is 0.714. The number of nitrogens with two attached hydrogens (primary N) is 1. The first-order chi connectivity index (χ1) is 9.19. The van der Waals surface area contributed by atoms with Gasteiger partial charge in [0.15, 0.2) is 5.22 Å². The molecule has 1 aromatic heterocycles. The second-order valence-electron chi connectivity index (χ2n) is 5.56. The largest absolute Gasteiger partial charge is 0.448 e. The quantitative estimate of drug-likeness (QED) is 0.908. The Morgan fingerprint density at radius 1 is 1.26 bits per heavy atom. The maximum atomic E-state index is 6.33. The molecule has 2 aliphatic heterocycles. The van der Waals surface area contributed by atoms with Crippen molar-refractivity contribution in [3.8, 4) is 0 Å². The molecular formula is C14H20ClNO3. The number of rotatable bonds is 2. The molecule has 2 fully saturated rings. The Bertz CT molecular complexity index is 423. The first-order valence-electron chi connectivity index (χ1n) is 6.91. The Balaban J connectivity index is 1.70. The highest BCUT2D eigenvalue weighted by atomic mass is 35.5. The lowest BCUT2D eigenvalue weighted by molar-refractivity contribution is -0.149. The summed E-state index contributed by atoms with van der Waals surface area (Å²) in [7, 11) is 0. The van der Waals surface area contributed by atoms with Crippen molar-refractivity contribution in [1.82, 2.24) is 0 Å². The molecule has 0 bridgehead atoms. The fourth-order valence-electron chi connectivity index (χ4n) is 3.20. The predicted molar refractivity (Wildman–Crippen MR) is 72.1 cm³/mol. The lowest BCUT2D eigenvalue weighted by Gasteiger charge is -2.44. The Kier molecular flexibility index (Phi) is 3.85. The topological polar surface area (TPSA) is 57.6 Å². The van der Waals surface area contributed by atoms with Crippen molar-refractivity contribution >= 4 is 11.6 Å². The third kappa shape index (κ3) is 2.82. The zero-order valence-electron chi connectivity index (χ0n) is 10.9. The molecule has 2 N–H and O–H groups in total. The highest BCUT2D eigenvalue weighted by Gasteiger charge is 2.41. The van der Waals surface area contributed by atoms with Crippen LogP contribution in [0.15, 0.2) is 16.5 Å². The Hall–Kier alpha value is -0.550. The maximum absolute atomic E-state index is 6.33. The number of ether oxygens (including phenoxy) is 2. The van der Waals surface area contributed by atoms with Gasteiger partial charge in [-0.25, -0.2) is 0 Å². The Labute approximate surface area is 118 Å². The van der Waals surface area contributed by atoms with E-state index >= 15 is 0 Å². The van der Waals surface area contributed by atoms with Gasteiger partial charge >= 0.3 is 0 Å². The highest BCUT2D eigenvalue weighted by molar-refractivity contribution is 6.28. The van der Waals surface area contributed by atoms with Crippen LogP contribution in [0.3, 0.4) is 0 Å². The van der Waals surface area contributed by atoms with Gasteiger partial charge in [0.2, 0.25) is 0 Å². The van der Waals surface area contributed by atoms with Gasteiger partial charge in [-0.2, -0.15) is 0 Å². The van der Waals surface area contributed by atoms with E-state index in [9.17, 15) is 0 Å². The zero-order valence-corrected chi connectivity index (χ0v) is 11.7. The molecule has 0 radical (unpaired) electrons. The van der Waals surface area contributed by atoms with Crippen LogP contribution in [0.1, 0.15) is 37.5 Å². The minimum absolute atomic E-state index is 0.0326. The van der Waals surface area contributed by atoms with E-state index in [1.807, 2.05) is 6.07 Å². The molecule has 3 rings (SSSR count). The van der Waals surface area contributed by atoms with Gasteiger partial charge in [0.05, 0.1) is 11.6 Å². The van der Waals surface area contributed by atoms with Crippen molar-refractivity contribution in [3.05, 3.63) is 23.1 Å². The van der Waals surface area contributed by atoms with Crippen molar-refractivity contribution in [2.45, 2.75) is 37.3 Å². The summed E-state index contributed by atoms with van der Waals surface area (Å²) in [6.45, 7) is 2.34. The summed E-state index contributed by atoms with van der Waals surface area (Å²) in [5.74, 6) is 1.16. The molecule has 1 aromatic rings. The normalized spacial score (nSPS) is 28.4. The van der Waals surface area contributed by atoms with Gasteiger partial charge in [-0.15, -0.1) is 0 Å². The van der Waals surface area contributed by atoms with E-state index in [0.717, 1.165) is 51.3 Å². The smallest absolute Gasteiger partial charge is 0.193 e. The molecule has 0 aromatic carbocycles. The van der Waals surface area contributed by atoms with Gasteiger partial charge < -0.3 is 19.6 Å². The lowest BCUT2D eigenvalue weighted by atomic mass is 9.77. The molecule has 19 heavy (non-hydrogen) atoms. The fourth-order valence-corrected chi connectivity index (χ4v) is 3.36. The average Bonchev–Trinajstić information content (AvgIpc) is 2.85. The summed E-state index contributed by atoms with van der Waals surface area (Å²) >= 11 is 5.82. The van der Waals surface area contributed by atoms with E-state index in [1.165, 1.54) is 0 Å². The van der Waals surface area contributed by atoms with Gasteiger partial charge in [-0.05, 0) is 55.3 Å². The van der Waals surface area contributed by atoms with Gasteiger partial charge in [-0.1, -0.05) is 0 Å². The zero-order chi connectivity index (χ0) is 13.3. The molecular weight excluding hydrogens is 266 g/mol. The van der Waals surface area contributed by atoms with E-state index in [1.54, 1.807) is 6.07 Å². The first-order valence-corrected chi connectivity index (χ1v) is 7.29.